The van der Waals surface area contributed by atoms with Crippen LogP contribution in [0.15, 0.2) is 53.4 Å². The third-order valence-electron chi connectivity index (χ3n) is 2.91. The summed E-state index contributed by atoms with van der Waals surface area (Å²) < 4.78 is 41.3. The number of carbonyl (C=O) groups is 2. The van der Waals surface area contributed by atoms with Gasteiger partial charge in [-0.15, -0.1) is 0 Å². The fourth-order valence-corrected chi connectivity index (χ4v) is 2.36. The van der Waals surface area contributed by atoms with Crippen LogP contribution in [0, 0.1) is 0 Å². The van der Waals surface area contributed by atoms with Crippen LogP contribution in [-0.4, -0.2) is 24.5 Å². The summed E-state index contributed by atoms with van der Waals surface area (Å²) >= 11 is -0.244. The molecular weight excluding hydrogens is 343 g/mol. The Morgan fingerprint density at radius 2 is 1.50 bits per heavy atom. The second-order valence-corrected chi connectivity index (χ2v) is 5.73. The second kappa shape index (κ2) is 7.39. The van der Waals surface area contributed by atoms with Crippen LogP contribution >= 0.6 is 11.8 Å². The van der Waals surface area contributed by atoms with Gasteiger partial charge in [0.25, 0.3) is 5.91 Å². The lowest BCUT2D eigenvalue weighted by Gasteiger charge is -2.08. The maximum Gasteiger partial charge on any atom is 0.446 e. The Bertz CT molecular complexity index is 728. The topological polar surface area (TPSA) is 55.4 Å². The van der Waals surface area contributed by atoms with Crippen molar-refractivity contribution in [1.29, 1.82) is 0 Å². The molecular formula is C16H12F3NO3S. The Hall–Kier alpha value is -2.48. The van der Waals surface area contributed by atoms with Gasteiger partial charge in [-0.05, 0) is 60.3 Å². The molecule has 0 heterocycles. The zero-order valence-corrected chi connectivity index (χ0v) is 13.2. The van der Waals surface area contributed by atoms with E-state index in [1.54, 1.807) is 0 Å². The molecule has 0 saturated carbocycles. The van der Waals surface area contributed by atoms with Gasteiger partial charge in [0.1, 0.15) is 0 Å². The van der Waals surface area contributed by atoms with E-state index in [2.05, 4.69) is 10.1 Å². The molecule has 4 nitrogen and oxygen atoms in total. The van der Waals surface area contributed by atoms with Gasteiger partial charge in [-0.1, -0.05) is 0 Å². The highest BCUT2D eigenvalue weighted by molar-refractivity contribution is 8.00. The molecule has 0 aromatic heterocycles. The highest BCUT2D eigenvalue weighted by Gasteiger charge is 2.29. The first-order valence-electron chi connectivity index (χ1n) is 6.64. The summed E-state index contributed by atoms with van der Waals surface area (Å²) in [6.45, 7) is 0. The number of nitrogens with one attached hydrogen (secondary N) is 1. The Labute approximate surface area is 140 Å². The number of ether oxygens (including phenoxy) is 1. The van der Waals surface area contributed by atoms with Gasteiger partial charge in [0.15, 0.2) is 0 Å². The zero-order valence-electron chi connectivity index (χ0n) is 12.4. The predicted octanol–water partition coefficient (Wildman–Crippen LogP) is 4.34. The summed E-state index contributed by atoms with van der Waals surface area (Å²) in [6, 6.07) is 11.1. The summed E-state index contributed by atoms with van der Waals surface area (Å²) in [5.41, 5.74) is -3.37. The second-order valence-electron chi connectivity index (χ2n) is 4.60. The number of rotatable bonds is 4. The highest BCUT2D eigenvalue weighted by Crippen LogP contribution is 2.36. The highest BCUT2D eigenvalue weighted by atomic mass is 32.2. The van der Waals surface area contributed by atoms with Crippen LogP contribution in [0.4, 0.5) is 18.9 Å². The molecule has 8 heteroatoms. The Morgan fingerprint density at radius 3 is 2.00 bits per heavy atom. The molecule has 126 valence electrons. The number of hydrogen-bond donors (Lipinski definition) is 1. The number of carbonyl (C=O) groups excluding carboxylic acids is 2. The van der Waals surface area contributed by atoms with Crippen molar-refractivity contribution in [3.05, 3.63) is 59.7 Å². The van der Waals surface area contributed by atoms with Gasteiger partial charge < -0.3 is 10.1 Å². The lowest BCUT2D eigenvalue weighted by molar-refractivity contribution is -0.0328. The molecule has 2 rings (SSSR count). The van der Waals surface area contributed by atoms with Gasteiger partial charge >= 0.3 is 11.5 Å². The molecule has 0 bridgehead atoms. The number of hydrogen-bond acceptors (Lipinski definition) is 4. The molecule has 24 heavy (non-hydrogen) atoms. The molecule has 0 fully saturated rings. The van der Waals surface area contributed by atoms with Crippen molar-refractivity contribution in [2.45, 2.75) is 10.4 Å². The van der Waals surface area contributed by atoms with Crippen LogP contribution in [0.5, 0.6) is 0 Å². The largest absolute Gasteiger partial charge is 0.465 e. The number of esters is 1. The van der Waals surface area contributed by atoms with Crippen LogP contribution < -0.4 is 5.32 Å². The summed E-state index contributed by atoms with van der Waals surface area (Å²) in [7, 11) is 1.26. The van der Waals surface area contributed by atoms with Crippen molar-refractivity contribution in [3.63, 3.8) is 0 Å². The van der Waals surface area contributed by atoms with Crippen molar-refractivity contribution in [2.24, 2.45) is 0 Å². The van der Waals surface area contributed by atoms with E-state index in [1.165, 1.54) is 55.6 Å². The van der Waals surface area contributed by atoms with E-state index in [4.69, 9.17) is 0 Å². The molecule has 2 aromatic rings. The van der Waals surface area contributed by atoms with Gasteiger partial charge in [0, 0.05) is 16.1 Å². The summed E-state index contributed by atoms with van der Waals surface area (Å²) in [4.78, 5) is 23.4. The van der Waals surface area contributed by atoms with E-state index >= 15 is 0 Å². The van der Waals surface area contributed by atoms with Gasteiger partial charge in [0.05, 0.1) is 12.7 Å². The van der Waals surface area contributed by atoms with Gasteiger partial charge in [-0.2, -0.15) is 13.2 Å². The summed E-state index contributed by atoms with van der Waals surface area (Å²) in [6.07, 6.45) is 0. The van der Waals surface area contributed by atoms with Crippen molar-refractivity contribution in [2.75, 3.05) is 12.4 Å². The standard InChI is InChI=1S/C16H12F3NO3S/c1-23-15(22)11-2-6-12(7-3-11)20-14(21)10-4-8-13(9-5-10)24-16(17,18)19/h2-9H,1H3,(H,20,21). The third-order valence-corrected chi connectivity index (χ3v) is 3.65. The number of benzene rings is 2. The maximum absolute atomic E-state index is 12.3. The monoisotopic (exact) mass is 355 g/mol. The quantitative estimate of drug-likeness (QED) is 0.655. The third kappa shape index (κ3) is 5.02. The van der Waals surface area contributed by atoms with E-state index in [-0.39, 0.29) is 22.2 Å². The molecule has 0 aliphatic rings. The lowest BCUT2D eigenvalue weighted by Crippen LogP contribution is -2.12. The predicted molar refractivity (Wildman–Crippen MR) is 84.1 cm³/mol. The van der Waals surface area contributed by atoms with Crippen LogP contribution in [0.2, 0.25) is 0 Å². The average molecular weight is 355 g/mol. The minimum Gasteiger partial charge on any atom is -0.465 e. The van der Waals surface area contributed by atoms with E-state index in [0.717, 1.165) is 0 Å². The van der Waals surface area contributed by atoms with Crippen molar-refractivity contribution in [1.82, 2.24) is 0 Å². The van der Waals surface area contributed by atoms with Crippen LogP contribution in [0.3, 0.4) is 0 Å². The molecule has 0 saturated heterocycles. The van der Waals surface area contributed by atoms with Crippen molar-refractivity contribution < 1.29 is 27.5 Å². The SMILES string of the molecule is COC(=O)c1ccc(NC(=O)c2ccc(SC(F)(F)F)cc2)cc1. The minimum atomic E-state index is -4.37. The average Bonchev–Trinajstić information content (AvgIpc) is 2.54. The molecule has 0 aliphatic carbocycles. The number of anilines is 1. The molecule has 0 spiro atoms. The Morgan fingerprint density at radius 1 is 0.958 bits per heavy atom. The molecule has 2 aromatic carbocycles. The summed E-state index contributed by atoms with van der Waals surface area (Å²) in [5, 5.41) is 2.59. The smallest absolute Gasteiger partial charge is 0.446 e. The van der Waals surface area contributed by atoms with Crippen LogP contribution in [0.25, 0.3) is 0 Å². The van der Waals surface area contributed by atoms with E-state index in [0.29, 0.717) is 11.3 Å². The molecule has 0 atom stereocenters. The van der Waals surface area contributed by atoms with Crippen LogP contribution in [-0.2, 0) is 4.74 Å². The van der Waals surface area contributed by atoms with Gasteiger partial charge in [-0.25, -0.2) is 4.79 Å². The lowest BCUT2D eigenvalue weighted by atomic mass is 10.2. The van der Waals surface area contributed by atoms with Crippen LogP contribution in [0.1, 0.15) is 20.7 Å². The normalized spacial score (nSPS) is 11.0. The number of thioether (sulfide) groups is 1. The first kappa shape index (κ1) is 17.9. The zero-order chi connectivity index (χ0) is 17.7. The summed E-state index contributed by atoms with van der Waals surface area (Å²) in [5.74, 6) is -0.963. The van der Waals surface area contributed by atoms with E-state index in [1.807, 2.05) is 0 Å². The maximum atomic E-state index is 12.3. The molecule has 0 radical (unpaired) electrons. The number of methoxy groups -OCH3 is 1. The van der Waals surface area contributed by atoms with Gasteiger partial charge in [-0.3, -0.25) is 4.79 Å². The number of halogens is 3. The molecule has 0 aliphatic heterocycles. The number of alkyl halides is 3. The Kier molecular flexibility index (Phi) is 5.50. The van der Waals surface area contributed by atoms with E-state index in [9.17, 15) is 22.8 Å². The molecule has 1 N–H and O–H groups in total. The van der Waals surface area contributed by atoms with Gasteiger partial charge in [0.2, 0.25) is 0 Å². The fourth-order valence-electron chi connectivity index (χ4n) is 1.82. The molecule has 0 unspecified atom stereocenters. The minimum absolute atomic E-state index is 0.00137. The fraction of sp³-hybridized carbons (Fsp3) is 0.125. The van der Waals surface area contributed by atoms with Crippen molar-refractivity contribution in [3.8, 4) is 0 Å². The first-order chi connectivity index (χ1) is 11.3. The van der Waals surface area contributed by atoms with Crippen molar-refractivity contribution >= 4 is 29.3 Å². The molecule has 1 amide bonds. The first-order valence-corrected chi connectivity index (χ1v) is 7.46. The van der Waals surface area contributed by atoms with E-state index < -0.39 is 17.4 Å². The Balaban J connectivity index is 2.03. The number of amides is 1.